The largest absolute Gasteiger partial charge is 0.504 e. The lowest BCUT2D eigenvalue weighted by atomic mass is 10.1. The van der Waals surface area contributed by atoms with Gasteiger partial charge in [0.05, 0.1) is 13.5 Å². The molecule has 3 aromatic rings. The molecule has 0 unspecified atom stereocenters. The predicted molar refractivity (Wildman–Crippen MR) is 96.5 cm³/mol. The zero-order valence-electron chi connectivity index (χ0n) is 13.2. The summed E-state index contributed by atoms with van der Waals surface area (Å²) in [6.45, 7) is 0. The average molecular weight is 404 g/mol. The van der Waals surface area contributed by atoms with Crippen molar-refractivity contribution in [1.29, 1.82) is 0 Å². The van der Waals surface area contributed by atoms with Crippen molar-refractivity contribution in [2.24, 2.45) is 0 Å². The van der Waals surface area contributed by atoms with Gasteiger partial charge >= 0.3 is 5.97 Å². The molecule has 0 aliphatic heterocycles. The number of aliphatic carboxylic acids is 1. The molecule has 7 heteroatoms. The van der Waals surface area contributed by atoms with Crippen molar-refractivity contribution >= 4 is 44.6 Å². The smallest absolute Gasteiger partial charge is 0.308 e. The molecular weight excluding hydrogens is 390 g/mol. The average Bonchev–Trinajstić information content (AvgIpc) is 3.00. The fourth-order valence-corrected chi connectivity index (χ4v) is 2.82. The number of aromatic nitrogens is 1. The van der Waals surface area contributed by atoms with Crippen LogP contribution in [0, 0.1) is 0 Å². The minimum atomic E-state index is -1.01. The number of carboxylic acids is 1. The van der Waals surface area contributed by atoms with Gasteiger partial charge < -0.3 is 19.4 Å². The molecule has 0 radical (unpaired) electrons. The summed E-state index contributed by atoms with van der Waals surface area (Å²) < 4.78 is 11.4. The number of methoxy groups -OCH3 is 1. The van der Waals surface area contributed by atoms with Crippen LogP contribution < -0.4 is 4.74 Å². The number of ether oxygens (including phenoxy) is 1. The highest BCUT2D eigenvalue weighted by Crippen LogP contribution is 2.35. The molecule has 2 N–H and O–H groups in total. The van der Waals surface area contributed by atoms with Crippen molar-refractivity contribution in [1.82, 2.24) is 4.98 Å². The highest BCUT2D eigenvalue weighted by molar-refractivity contribution is 9.10. The highest BCUT2D eigenvalue weighted by Gasteiger charge is 2.16. The molecular formula is C18H14BrNO5. The lowest BCUT2D eigenvalue weighted by Gasteiger charge is -2.08. The second-order valence-electron chi connectivity index (χ2n) is 5.27. The van der Waals surface area contributed by atoms with E-state index in [-0.39, 0.29) is 18.1 Å². The fraction of sp³-hybridized carbons (Fsp3) is 0.111. The number of phenols is 1. The maximum Gasteiger partial charge on any atom is 0.308 e. The fourth-order valence-electron chi connectivity index (χ4n) is 2.38. The number of nitrogens with zero attached hydrogens (tertiary/aromatic N) is 1. The number of carboxylic acid groups (broad SMARTS) is 1. The summed E-state index contributed by atoms with van der Waals surface area (Å²) in [5, 5.41) is 19.2. The number of halogens is 1. The molecule has 1 heterocycles. The van der Waals surface area contributed by atoms with Crippen LogP contribution in [0.15, 0.2) is 45.3 Å². The van der Waals surface area contributed by atoms with Crippen molar-refractivity contribution in [3.8, 4) is 11.5 Å². The first-order valence-corrected chi connectivity index (χ1v) is 8.12. The van der Waals surface area contributed by atoms with E-state index >= 15 is 0 Å². The number of rotatable bonds is 5. The first-order valence-electron chi connectivity index (χ1n) is 7.32. The van der Waals surface area contributed by atoms with Gasteiger partial charge in [-0.15, -0.1) is 0 Å². The lowest BCUT2D eigenvalue weighted by Crippen LogP contribution is -1.97. The molecule has 0 spiro atoms. The molecule has 2 aromatic carbocycles. The third-order valence-electron chi connectivity index (χ3n) is 3.54. The van der Waals surface area contributed by atoms with Gasteiger partial charge in [-0.3, -0.25) is 4.79 Å². The van der Waals surface area contributed by atoms with Gasteiger partial charge in [0, 0.05) is 10.0 Å². The molecule has 0 amide bonds. The first kappa shape index (κ1) is 17.0. The molecule has 0 atom stereocenters. The standard InChI is InChI=1S/C18H14BrNO5/c1-24-16-9-12(19)10(7-14(16)21)6-11(8-17(22)23)18-20-13-4-2-3-5-15(13)25-18/h2-7,9,21H,8H2,1H3,(H,22,23)/b11-6+. The number of hydrogen-bond acceptors (Lipinski definition) is 5. The third kappa shape index (κ3) is 3.66. The molecule has 0 bridgehead atoms. The number of benzene rings is 2. The molecule has 25 heavy (non-hydrogen) atoms. The van der Waals surface area contributed by atoms with Crippen LogP contribution in [0.5, 0.6) is 11.5 Å². The number of oxazole rings is 1. The van der Waals surface area contributed by atoms with E-state index in [1.165, 1.54) is 13.2 Å². The maximum atomic E-state index is 11.2. The maximum absolute atomic E-state index is 11.2. The number of aromatic hydroxyl groups is 1. The Morgan fingerprint density at radius 1 is 1.36 bits per heavy atom. The topological polar surface area (TPSA) is 92.8 Å². The zero-order valence-corrected chi connectivity index (χ0v) is 14.8. The van der Waals surface area contributed by atoms with Crippen LogP contribution in [0.1, 0.15) is 17.9 Å². The highest BCUT2D eigenvalue weighted by atomic mass is 79.9. The van der Waals surface area contributed by atoms with Crippen LogP contribution in [0.25, 0.3) is 22.7 Å². The van der Waals surface area contributed by atoms with E-state index in [0.29, 0.717) is 32.5 Å². The molecule has 3 rings (SSSR count). The summed E-state index contributed by atoms with van der Waals surface area (Å²) in [6, 6.07) is 10.3. The van der Waals surface area contributed by atoms with Crippen LogP contribution in [0.4, 0.5) is 0 Å². The van der Waals surface area contributed by atoms with E-state index in [1.807, 2.05) is 12.1 Å². The van der Waals surface area contributed by atoms with E-state index in [2.05, 4.69) is 20.9 Å². The van der Waals surface area contributed by atoms with Gasteiger partial charge in [-0.2, -0.15) is 0 Å². The van der Waals surface area contributed by atoms with E-state index in [0.717, 1.165) is 0 Å². The van der Waals surface area contributed by atoms with Gasteiger partial charge in [0.2, 0.25) is 5.89 Å². The first-order chi connectivity index (χ1) is 12.0. The monoisotopic (exact) mass is 403 g/mol. The summed E-state index contributed by atoms with van der Waals surface area (Å²) in [5.41, 5.74) is 2.18. The molecule has 1 aromatic heterocycles. The van der Waals surface area contributed by atoms with Crippen LogP contribution in [0.2, 0.25) is 0 Å². The molecule has 128 valence electrons. The minimum Gasteiger partial charge on any atom is -0.504 e. The van der Waals surface area contributed by atoms with E-state index in [4.69, 9.17) is 9.15 Å². The van der Waals surface area contributed by atoms with Crippen molar-refractivity contribution in [3.63, 3.8) is 0 Å². The Bertz CT molecular complexity index is 944. The van der Waals surface area contributed by atoms with Crippen molar-refractivity contribution in [3.05, 3.63) is 52.3 Å². The predicted octanol–water partition coefficient (Wildman–Crippen LogP) is 4.32. The Morgan fingerprint density at radius 2 is 2.12 bits per heavy atom. The lowest BCUT2D eigenvalue weighted by molar-refractivity contribution is -0.135. The van der Waals surface area contributed by atoms with Crippen molar-refractivity contribution in [2.45, 2.75) is 6.42 Å². The summed E-state index contributed by atoms with van der Waals surface area (Å²) in [5.74, 6) is -0.525. The van der Waals surface area contributed by atoms with E-state index in [1.54, 1.807) is 24.3 Å². The van der Waals surface area contributed by atoms with Crippen LogP contribution in [-0.4, -0.2) is 28.3 Å². The van der Waals surface area contributed by atoms with Gasteiger partial charge in [0.25, 0.3) is 0 Å². The Balaban J connectivity index is 2.11. The molecule has 0 aliphatic rings. The van der Waals surface area contributed by atoms with Gasteiger partial charge in [-0.25, -0.2) is 4.98 Å². The van der Waals surface area contributed by atoms with Crippen LogP contribution in [0.3, 0.4) is 0 Å². The molecule has 0 fully saturated rings. The Hall–Kier alpha value is -2.80. The number of fused-ring (bicyclic) bond motifs is 1. The number of hydrogen-bond donors (Lipinski definition) is 2. The van der Waals surface area contributed by atoms with Crippen molar-refractivity contribution in [2.75, 3.05) is 7.11 Å². The quantitative estimate of drug-likeness (QED) is 0.658. The molecule has 6 nitrogen and oxygen atoms in total. The van der Waals surface area contributed by atoms with Gasteiger partial charge in [-0.05, 0) is 35.9 Å². The van der Waals surface area contributed by atoms with E-state index < -0.39 is 5.97 Å². The normalized spacial score (nSPS) is 11.7. The Kier molecular flexibility index (Phi) is 4.76. The van der Waals surface area contributed by atoms with E-state index in [9.17, 15) is 15.0 Å². The van der Waals surface area contributed by atoms with Gasteiger partial charge in [-0.1, -0.05) is 28.1 Å². The van der Waals surface area contributed by atoms with Crippen LogP contribution >= 0.6 is 15.9 Å². The molecule has 0 saturated carbocycles. The Morgan fingerprint density at radius 3 is 2.80 bits per heavy atom. The summed E-state index contributed by atoms with van der Waals surface area (Å²) in [7, 11) is 1.45. The second-order valence-corrected chi connectivity index (χ2v) is 6.13. The third-order valence-corrected chi connectivity index (χ3v) is 4.22. The number of para-hydroxylation sites is 2. The Labute approximate surface area is 151 Å². The van der Waals surface area contributed by atoms with Crippen LogP contribution in [-0.2, 0) is 4.79 Å². The van der Waals surface area contributed by atoms with Crippen molar-refractivity contribution < 1.29 is 24.2 Å². The van der Waals surface area contributed by atoms with Gasteiger partial charge in [0.15, 0.2) is 17.1 Å². The summed E-state index contributed by atoms with van der Waals surface area (Å²) in [4.78, 5) is 15.6. The number of phenolic OH excluding ortho intramolecular Hbond substituents is 1. The SMILES string of the molecule is COc1cc(Br)c(/C=C(\CC(=O)O)c2nc3ccccc3o2)cc1O. The second kappa shape index (κ2) is 6.98. The molecule has 0 saturated heterocycles. The molecule has 0 aliphatic carbocycles. The zero-order chi connectivity index (χ0) is 18.0. The summed E-state index contributed by atoms with van der Waals surface area (Å²) in [6.07, 6.45) is 1.34. The summed E-state index contributed by atoms with van der Waals surface area (Å²) >= 11 is 3.39. The number of carbonyl (C=O) groups is 1. The minimum absolute atomic E-state index is 0.0517. The van der Waals surface area contributed by atoms with Gasteiger partial charge in [0.1, 0.15) is 5.52 Å².